The lowest BCUT2D eigenvalue weighted by Gasteiger charge is -2.34. The van der Waals surface area contributed by atoms with Crippen molar-refractivity contribution in [1.82, 2.24) is 30.7 Å². The van der Waals surface area contributed by atoms with Crippen LogP contribution in [0.3, 0.4) is 0 Å². The molecule has 0 aromatic heterocycles. The Labute approximate surface area is 492 Å². The van der Waals surface area contributed by atoms with Crippen LogP contribution in [0.1, 0.15) is 202 Å². The van der Waals surface area contributed by atoms with Crippen LogP contribution < -0.4 is 20.7 Å². The van der Waals surface area contributed by atoms with Gasteiger partial charge in [-0.05, 0) is 195 Å². The molecule has 0 spiro atoms. The highest BCUT2D eigenvalue weighted by Gasteiger charge is 2.37. The van der Waals surface area contributed by atoms with Gasteiger partial charge in [-0.1, -0.05) is 25.7 Å². The van der Waals surface area contributed by atoms with Crippen molar-refractivity contribution < 1.29 is 71.5 Å². The summed E-state index contributed by atoms with van der Waals surface area (Å²) in [5.41, 5.74) is -5.43. The van der Waals surface area contributed by atoms with Crippen LogP contribution in [0.15, 0.2) is 39.2 Å². The van der Waals surface area contributed by atoms with Gasteiger partial charge in [0.2, 0.25) is 11.9 Å². The predicted octanol–water partition coefficient (Wildman–Crippen LogP) is 12.2. The van der Waals surface area contributed by atoms with Crippen LogP contribution in [0.4, 0.5) is 33.6 Å². The van der Waals surface area contributed by atoms with E-state index in [1.54, 1.807) is 170 Å². The zero-order valence-corrected chi connectivity index (χ0v) is 53.6. The molecule has 0 saturated heterocycles. The summed E-state index contributed by atoms with van der Waals surface area (Å²) in [6, 6.07) is 6.47. The number of unbranched alkanes of at least 4 members (excludes halogenated alkanes) is 6. The zero-order chi connectivity index (χ0) is 63.4. The molecule has 1 aromatic carbocycles. The Morgan fingerprint density at radius 2 is 0.964 bits per heavy atom. The number of amidine groups is 1. The number of ether oxygens (including phenoxy) is 8. The summed E-state index contributed by atoms with van der Waals surface area (Å²) in [4.78, 5) is 110. The first-order valence-corrected chi connectivity index (χ1v) is 28.5. The number of benzene rings is 1. The molecule has 3 N–H and O–H groups in total. The van der Waals surface area contributed by atoms with Crippen LogP contribution in [0.5, 0.6) is 5.75 Å². The normalized spacial score (nSPS) is 14.7. The third-order valence-corrected chi connectivity index (χ3v) is 10.2. The molecular weight excluding hydrogens is 1070 g/mol. The molecule has 2 rings (SSSR count). The molecule has 83 heavy (non-hydrogen) atoms. The molecule has 1 unspecified atom stereocenters. The van der Waals surface area contributed by atoms with Crippen LogP contribution in [-0.4, -0.2) is 160 Å². The van der Waals surface area contributed by atoms with E-state index in [-0.39, 0.29) is 44.7 Å². The maximum Gasteiger partial charge on any atom is 0.437 e. The van der Waals surface area contributed by atoms with Gasteiger partial charge in [0.1, 0.15) is 50.8 Å². The highest BCUT2D eigenvalue weighted by Crippen LogP contribution is 2.23. The van der Waals surface area contributed by atoms with E-state index in [9.17, 15) is 33.6 Å². The van der Waals surface area contributed by atoms with Gasteiger partial charge in [-0.15, -0.1) is 9.98 Å². The fourth-order valence-electron chi connectivity index (χ4n) is 7.21. The average Bonchev–Trinajstić information content (AvgIpc) is 3.31. The minimum absolute atomic E-state index is 0.00282. The summed E-state index contributed by atoms with van der Waals surface area (Å²) in [6.07, 6.45) is -1.01. The van der Waals surface area contributed by atoms with Crippen LogP contribution >= 0.6 is 0 Å². The molecule has 1 aliphatic rings. The Hall–Kier alpha value is -6.88. The van der Waals surface area contributed by atoms with Crippen LogP contribution in [0.25, 0.3) is 0 Å². The fourth-order valence-corrected chi connectivity index (χ4v) is 7.21. The summed E-state index contributed by atoms with van der Waals surface area (Å²) in [5.74, 6) is 0.434. The first-order chi connectivity index (χ1) is 37.9. The van der Waals surface area contributed by atoms with Gasteiger partial charge in [0, 0.05) is 25.2 Å². The van der Waals surface area contributed by atoms with Gasteiger partial charge in [0.15, 0.2) is 0 Å². The first-order valence-electron chi connectivity index (χ1n) is 28.5. The lowest BCUT2D eigenvalue weighted by Crippen LogP contribution is -2.54. The average molecular weight is 1170 g/mol. The maximum absolute atomic E-state index is 14.3. The number of carbonyl (C=O) groups is 7. The van der Waals surface area contributed by atoms with Crippen molar-refractivity contribution in [1.29, 1.82) is 0 Å². The van der Waals surface area contributed by atoms with Gasteiger partial charge in [-0.25, -0.2) is 43.4 Å². The molecule has 0 bridgehead atoms. The topological polar surface area (TPSA) is 276 Å². The fraction of sp³-hybridized carbons (Fsp3) is 0.729. The van der Waals surface area contributed by atoms with Gasteiger partial charge in [0.05, 0.1) is 25.7 Å². The van der Waals surface area contributed by atoms with Crippen molar-refractivity contribution in [2.45, 2.75) is 242 Å². The van der Waals surface area contributed by atoms with Gasteiger partial charge in [0.25, 0.3) is 0 Å². The van der Waals surface area contributed by atoms with Gasteiger partial charge >= 0.3 is 42.7 Å². The summed E-state index contributed by atoms with van der Waals surface area (Å²) in [7, 11) is 0. The van der Waals surface area contributed by atoms with Crippen molar-refractivity contribution in [3.05, 3.63) is 29.8 Å². The van der Waals surface area contributed by atoms with Crippen LogP contribution in [0.2, 0.25) is 0 Å². The number of amides is 7. The van der Waals surface area contributed by atoms with E-state index in [1.807, 2.05) is 0 Å². The van der Waals surface area contributed by atoms with E-state index in [2.05, 4.69) is 30.9 Å². The highest BCUT2D eigenvalue weighted by molar-refractivity contribution is 6.07. The van der Waals surface area contributed by atoms with Crippen molar-refractivity contribution >= 4 is 60.4 Å². The van der Waals surface area contributed by atoms with E-state index in [4.69, 9.17) is 37.9 Å². The van der Waals surface area contributed by atoms with E-state index in [0.717, 1.165) is 24.2 Å². The summed E-state index contributed by atoms with van der Waals surface area (Å²) < 4.78 is 45.2. The third kappa shape index (κ3) is 32.5. The summed E-state index contributed by atoms with van der Waals surface area (Å²) in [5, 5.41) is 8.27. The van der Waals surface area contributed by atoms with Crippen molar-refractivity contribution in [3.63, 3.8) is 0 Å². The van der Waals surface area contributed by atoms with Crippen molar-refractivity contribution in [2.75, 3.05) is 39.3 Å². The molecule has 0 radical (unpaired) electrons. The Balaban J connectivity index is 2.32. The number of hydrogen-bond donors (Lipinski definition) is 3. The molecule has 24 nitrogen and oxygen atoms in total. The lowest BCUT2D eigenvalue weighted by atomic mass is 10.1. The molecule has 1 aliphatic heterocycles. The molecule has 1 aromatic rings. The van der Waals surface area contributed by atoms with Gasteiger partial charge in [-0.3, -0.25) is 15.2 Å². The first kappa shape index (κ1) is 72.2. The Kier molecular flexibility index (Phi) is 27.1. The Bertz CT molecular complexity index is 2410. The molecule has 0 aliphatic carbocycles. The summed E-state index contributed by atoms with van der Waals surface area (Å²) >= 11 is 0. The predicted molar refractivity (Wildman–Crippen MR) is 317 cm³/mol. The molecule has 7 amide bonds. The number of hydrogen-bond acceptors (Lipinski definition) is 16. The minimum Gasteiger partial charge on any atom is -0.494 e. The van der Waals surface area contributed by atoms with E-state index in [1.165, 1.54) is 9.80 Å². The number of alkyl carbamates (subject to hydrolysis) is 2. The van der Waals surface area contributed by atoms with E-state index >= 15 is 0 Å². The van der Waals surface area contributed by atoms with Crippen molar-refractivity contribution in [3.8, 4) is 5.75 Å². The molecule has 0 saturated carbocycles. The van der Waals surface area contributed by atoms with Crippen LogP contribution in [-0.2, 0) is 33.2 Å². The smallest absolute Gasteiger partial charge is 0.437 e. The Morgan fingerprint density at radius 1 is 0.530 bits per heavy atom. The van der Waals surface area contributed by atoms with Crippen molar-refractivity contribution in [2.24, 2.45) is 15.0 Å². The zero-order valence-electron chi connectivity index (χ0n) is 53.6. The SMILES string of the molecule is CC(C)(C)OC(=O)/N=C(/NCCCCCCCCN(C(=O)OC(C)(C)C)/C(=N/C(=O)OC(C)(C)C)N(CCCCOc1ccc(C2=NCC(NC(=O)OC(C)(C)C)CN2C(=O)OC(C)(C)C)cc1)C(=O)OC(C)(C)C)NC(=O)OC(C)(C)C. The largest absolute Gasteiger partial charge is 0.494 e. The van der Waals surface area contributed by atoms with E-state index < -0.39 is 87.9 Å². The summed E-state index contributed by atoms with van der Waals surface area (Å²) in [6.45, 7) is 36.8. The van der Waals surface area contributed by atoms with Gasteiger partial charge < -0.3 is 48.5 Å². The van der Waals surface area contributed by atoms with Gasteiger partial charge in [-0.2, -0.15) is 0 Å². The Morgan fingerprint density at radius 3 is 1.45 bits per heavy atom. The number of guanidine groups is 2. The minimum atomic E-state index is -1.04. The second-order valence-electron chi connectivity index (χ2n) is 27.0. The lowest BCUT2D eigenvalue weighted by molar-refractivity contribution is 0.0266. The second-order valence-corrected chi connectivity index (χ2v) is 27.0. The molecular formula is C59H99N9O15. The van der Waals surface area contributed by atoms with Crippen LogP contribution in [0, 0.1) is 0 Å². The number of rotatable bonds is 17. The van der Waals surface area contributed by atoms with E-state index in [0.29, 0.717) is 55.8 Å². The molecule has 1 atom stereocenters. The highest BCUT2D eigenvalue weighted by atomic mass is 16.6. The molecule has 470 valence electrons. The maximum atomic E-state index is 14.3. The quantitative estimate of drug-likeness (QED) is 0.0566. The monoisotopic (exact) mass is 1170 g/mol. The standard InChI is InChI=1S/C59H99N9O15/c1-53(2,3)77-46(69)62-41-38-61-43(68(39-41)52(75)83-59(19,20)21)40-30-32-42(33-31-40)76-37-29-28-36-67(51(74)82-58(16,17)18)45(65-49(72)80-56(10,11)12)66(50(73)81-57(13,14)15)35-27-25-23-22-24-26-34-60-44(63-47(70)78-54(4,5)6)64-48(71)79-55(7,8)9/h30-33,41H,22-29,34-39H2,1-21H3,(H,62,69)(H2,60,63,64,70,71)/b65-45-. The molecule has 24 heteroatoms. The number of nitrogens with one attached hydrogen (secondary N) is 3. The molecule has 1 heterocycles. The number of aliphatic imine (C=N–C) groups is 3. The second kappa shape index (κ2) is 31.1. The number of nitrogens with zero attached hydrogens (tertiary/aromatic N) is 6. The number of carbonyl (C=O) groups excluding carboxylic acids is 7. The molecule has 0 fully saturated rings. The third-order valence-electron chi connectivity index (χ3n) is 10.2.